The van der Waals surface area contributed by atoms with Crippen molar-refractivity contribution in [1.29, 1.82) is 0 Å². The summed E-state index contributed by atoms with van der Waals surface area (Å²) in [6, 6.07) is 5.43. The molecular weight excluding hydrogens is 254 g/mol. The number of carbonyl (C=O) groups excluding carboxylic acids is 1. The second kappa shape index (κ2) is 8.20. The Kier molecular flexibility index (Phi) is 7.75. The molecule has 0 aliphatic carbocycles. The molecule has 2 aromatic rings. The van der Waals surface area contributed by atoms with Crippen LogP contribution in [0, 0.1) is 0 Å². The van der Waals surface area contributed by atoms with Crippen molar-refractivity contribution < 1.29 is 4.79 Å². The summed E-state index contributed by atoms with van der Waals surface area (Å²) in [5.41, 5.74) is 1.47. The molecule has 0 aliphatic heterocycles. The number of aromatic nitrogens is 1. The molecule has 0 saturated carbocycles. The van der Waals surface area contributed by atoms with E-state index < -0.39 is 0 Å². The minimum atomic E-state index is 0.0472. The molecule has 2 rings (SSSR count). The normalized spacial score (nSPS) is 8.82. The summed E-state index contributed by atoms with van der Waals surface area (Å²) in [6.45, 7) is 9.54. The van der Waals surface area contributed by atoms with Gasteiger partial charge in [-0.05, 0) is 25.1 Å². The summed E-state index contributed by atoms with van der Waals surface area (Å²) < 4.78 is 1.52. The third-order valence-electron chi connectivity index (χ3n) is 1.77. The van der Waals surface area contributed by atoms with E-state index in [1.807, 2.05) is 33.8 Å². The van der Waals surface area contributed by atoms with E-state index in [0.717, 1.165) is 10.2 Å². The van der Waals surface area contributed by atoms with E-state index in [9.17, 15) is 4.79 Å². The number of benzene rings is 1. The Hall–Kier alpha value is -0.930. The highest BCUT2D eigenvalue weighted by molar-refractivity contribution is 7.22. The van der Waals surface area contributed by atoms with Crippen LogP contribution in [0.3, 0.4) is 0 Å². The molecule has 0 bridgehead atoms. The molecule has 2 nitrogen and oxygen atoms in total. The third-order valence-corrected chi connectivity index (χ3v) is 2.91. The molecule has 0 unspecified atom stereocenters. The predicted octanol–water partition coefficient (Wildman–Crippen LogP) is 5.20. The van der Waals surface area contributed by atoms with Crippen molar-refractivity contribution in [2.75, 3.05) is 0 Å². The van der Waals surface area contributed by atoms with E-state index >= 15 is 0 Å². The van der Waals surface area contributed by atoms with Crippen molar-refractivity contribution >= 4 is 38.9 Å². The first-order valence-corrected chi connectivity index (χ1v) is 6.93. The van der Waals surface area contributed by atoms with Crippen LogP contribution in [-0.2, 0) is 0 Å². The van der Waals surface area contributed by atoms with Crippen LogP contribution >= 0.6 is 22.9 Å². The molecule has 94 valence electrons. The van der Waals surface area contributed by atoms with Crippen LogP contribution < -0.4 is 0 Å². The maximum absolute atomic E-state index is 11.0. The van der Waals surface area contributed by atoms with E-state index in [-0.39, 0.29) is 5.78 Å². The Morgan fingerprint density at radius 2 is 1.82 bits per heavy atom. The number of ketones is 1. The first-order valence-electron chi connectivity index (χ1n) is 5.74. The van der Waals surface area contributed by atoms with E-state index in [0.29, 0.717) is 10.0 Å². The molecule has 0 spiro atoms. The van der Waals surface area contributed by atoms with Gasteiger partial charge >= 0.3 is 0 Å². The molecule has 1 aromatic heterocycles. The SMILES string of the molecule is CC.CC.CC(=O)c1ccc2sc(Cl)nc2c1. The maximum atomic E-state index is 11.0. The Morgan fingerprint density at radius 1 is 1.24 bits per heavy atom. The topological polar surface area (TPSA) is 30.0 Å². The largest absolute Gasteiger partial charge is 0.295 e. The van der Waals surface area contributed by atoms with E-state index in [4.69, 9.17) is 11.6 Å². The van der Waals surface area contributed by atoms with Gasteiger partial charge in [0, 0.05) is 5.56 Å². The van der Waals surface area contributed by atoms with Gasteiger partial charge in [0.15, 0.2) is 10.3 Å². The van der Waals surface area contributed by atoms with Crippen molar-refractivity contribution in [3.05, 3.63) is 28.2 Å². The summed E-state index contributed by atoms with van der Waals surface area (Å²) in [5, 5.41) is 0. The van der Waals surface area contributed by atoms with E-state index in [1.165, 1.54) is 18.3 Å². The van der Waals surface area contributed by atoms with Gasteiger partial charge in [0.05, 0.1) is 10.2 Å². The van der Waals surface area contributed by atoms with Crippen LogP contribution in [0.25, 0.3) is 10.2 Å². The molecule has 0 fully saturated rings. The van der Waals surface area contributed by atoms with Crippen molar-refractivity contribution in [1.82, 2.24) is 4.98 Å². The number of halogens is 1. The summed E-state index contributed by atoms with van der Waals surface area (Å²) in [7, 11) is 0. The van der Waals surface area contributed by atoms with Crippen molar-refractivity contribution in [3.8, 4) is 0 Å². The molecule has 17 heavy (non-hydrogen) atoms. The molecule has 0 radical (unpaired) electrons. The fraction of sp³-hybridized carbons (Fsp3) is 0.385. The number of thiazole rings is 1. The van der Waals surface area contributed by atoms with Crippen molar-refractivity contribution in [2.45, 2.75) is 34.6 Å². The number of nitrogens with zero attached hydrogens (tertiary/aromatic N) is 1. The van der Waals surface area contributed by atoms with Crippen LogP contribution in [-0.4, -0.2) is 10.8 Å². The first-order chi connectivity index (χ1) is 8.16. The van der Waals surface area contributed by atoms with Crippen LogP contribution in [0.15, 0.2) is 18.2 Å². The fourth-order valence-corrected chi connectivity index (χ4v) is 2.13. The summed E-state index contributed by atoms with van der Waals surface area (Å²) >= 11 is 7.15. The number of Topliss-reactive ketones (excluding diaryl/α,β-unsaturated/α-hetero) is 1. The molecule has 0 saturated heterocycles. The van der Waals surface area contributed by atoms with Crippen LogP contribution in [0.2, 0.25) is 4.47 Å². The Bertz CT molecular complexity index is 479. The van der Waals surface area contributed by atoms with E-state index in [1.54, 1.807) is 12.1 Å². The standard InChI is InChI=1S/C9H6ClNOS.2C2H6/c1-5(12)6-2-3-8-7(4-6)11-9(10)13-8;2*1-2/h2-4H,1H3;2*1-2H3. The average Bonchev–Trinajstić information content (AvgIpc) is 2.73. The van der Waals surface area contributed by atoms with Gasteiger partial charge in [-0.2, -0.15) is 0 Å². The molecule has 0 amide bonds. The molecule has 0 aliphatic rings. The molecule has 0 atom stereocenters. The lowest BCUT2D eigenvalue weighted by Crippen LogP contribution is -1.90. The van der Waals surface area contributed by atoms with Gasteiger partial charge in [0.2, 0.25) is 0 Å². The lowest BCUT2D eigenvalue weighted by Gasteiger charge is -1.92. The average molecular weight is 272 g/mol. The number of hydrogen-bond donors (Lipinski definition) is 0. The first kappa shape index (κ1) is 16.1. The molecule has 4 heteroatoms. The number of carbonyl (C=O) groups is 1. The minimum absolute atomic E-state index is 0.0472. The molecular formula is C13H18ClNOS. The molecule has 0 N–H and O–H groups in total. The highest BCUT2D eigenvalue weighted by atomic mass is 35.5. The van der Waals surface area contributed by atoms with Crippen molar-refractivity contribution in [2.24, 2.45) is 0 Å². The zero-order chi connectivity index (χ0) is 13.4. The predicted molar refractivity (Wildman–Crippen MR) is 77.3 cm³/mol. The van der Waals surface area contributed by atoms with Gasteiger partial charge < -0.3 is 0 Å². The monoisotopic (exact) mass is 271 g/mol. The third kappa shape index (κ3) is 4.44. The Morgan fingerprint density at radius 3 is 2.35 bits per heavy atom. The number of rotatable bonds is 1. The summed E-state index contributed by atoms with van der Waals surface area (Å²) in [5.74, 6) is 0.0472. The maximum Gasteiger partial charge on any atom is 0.184 e. The van der Waals surface area contributed by atoms with Gasteiger partial charge in [0.25, 0.3) is 0 Å². The Balaban J connectivity index is 0.000000581. The van der Waals surface area contributed by atoms with Gasteiger partial charge in [-0.3, -0.25) is 4.79 Å². The van der Waals surface area contributed by atoms with Crippen molar-refractivity contribution in [3.63, 3.8) is 0 Å². The van der Waals surface area contributed by atoms with Crippen LogP contribution in [0.4, 0.5) is 0 Å². The lowest BCUT2D eigenvalue weighted by atomic mass is 10.1. The van der Waals surface area contributed by atoms with Crippen LogP contribution in [0.5, 0.6) is 0 Å². The minimum Gasteiger partial charge on any atom is -0.295 e. The zero-order valence-electron chi connectivity index (χ0n) is 10.9. The highest BCUT2D eigenvalue weighted by Crippen LogP contribution is 2.26. The van der Waals surface area contributed by atoms with Gasteiger partial charge in [-0.15, -0.1) is 11.3 Å². The Labute approximate surface area is 112 Å². The van der Waals surface area contributed by atoms with Crippen LogP contribution in [0.1, 0.15) is 45.0 Å². The fourth-order valence-electron chi connectivity index (χ4n) is 1.12. The number of hydrogen-bond acceptors (Lipinski definition) is 3. The molecule has 1 aromatic carbocycles. The highest BCUT2D eigenvalue weighted by Gasteiger charge is 2.04. The smallest absolute Gasteiger partial charge is 0.184 e. The zero-order valence-corrected chi connectivity index (χ0v) is 12.4. The van der Waals surface area contributed by atoms with Gasteiger partial charge in [-0.25, -0.2) is 4.98 Å². The summed E-state index contributed by atoms with van der Waals surface area (Å²) in [4.78, 5) is 15.1. The van der Waals surface area contributed by atoms with Gasteiger partial charge in [-0.1, -0.05) is 39.3 Å². The van der Waals surface area contributed by atoms with Gasteiger partial charge in [0.1, 0.15) is 0 Å². The number of fused-ring (bicyclic) bond motifs is 1. The van der Waals surface area contributed by atoms with E-state index in [2.05, 4.69) is 4.98 Å². The second-order valence-electron chi connectivity index (χ2n) is 2.71. The summed E-state index contributed by atoms with van der Waals surface area (Å²) in [6.07, 6.45) is 0. The lowest BCUT2D eigenvalue weighted by molar-refractivity contribution is 0.101. The second-order valence-corrected chi connectivity index (χ2v) is 4.32. The quantitative estimate of drug-likeness (QED) is 0.667. The molecule has 1 heterocycles.